The number of thioether (sulfide) groups is 1. The summed E-state index contributed by atoms with van der Waals surface area (Å²) in [5.41, 5.74) is 0. The van der Waals surface area contributed by atoms with E-state index in [1.807, 2.05) is 6.92 Å². The van der Waals surface area contributed by atoms with Gasteiger partial charge in [0, 0.05) is 12.5 Å². The Kier molecular flexibility index (Phi) is 4.99. The van der Waals surface area contributed by atoms with Crippen LogP contribution in [-0.4, -0.2) is 43.5 Å². The summed E-state index contributed by atoms with van der Waals surface area (Å²) < 4.78 is 1.72. The topological polar surface area (TPSA) is 97.1 Å². The van der Waals surface area contributed by atoms with Gasteiger partial charge in [-0.25, -0.2) is 0 Å². The van der Waals surface area contributed by atoms with Gasteiger partial charge in [-0.3, -0.25) is 14.2 Å². The summed E-state index contributed by atoms with van der Waals surface area (Å²) in [5.74, 6) is -0.341. The fourth-order valence-corrected chi connectivity index (χ4v) is 2.44. The van der Waals surface area contributed by atoms with Gasteiger partial charge in [0.1, 0.15) is 12.4 Å². The van der Waals surface area contributed by atoms with Gasteiger partial charge in [-0.05, 0) is 19.3 Å². The molecule has 1 aromatic heterocycles. The number of aryl methyl sites for hydroxylation is 1. The number of hydrogen-bond donors (Lipinski definition) is 2. The minimum Gasteiger partial charge on any atom is -0.481 e. The number of amides is 1. The first kappa shape index (κ1) is 14.8. The van der Waals surface area contributed by atoms with E-state index in [4.69, 9.17) is 5.11 Å². The molecule has 0 aliphatic heterocycles. The quantitative estimate of drug-likeness (QED) is 0.685. The molecule has 0 saturated heterocycles. The van der Waals surface area contributed by atoms with E-state index >= 15 is 0 Å². The predicted molar refractivity (Wildman–Crippen MR) is 73.5 cm³/mol. The van der Waals surface area contributed by atoms with E-state index in [9.17, 15) is 9.59 Å². The lowest BCUT2D eigenvalue weighted by atomic mass is 10.3. The van der Waals surface area contributed by atoms with Gasteiger partial charge in [-0.2, -0.15) is 0 Å². The van der Waals surface area contributed by atoms with Gasteiger partial charge in [0.2, 0.25) is 5.91 Å². The van der Waals surface area contributed by atoms with E-state index < -0.39 is 5.97 Å². The number of carboxylic acids is 1. The van der Waals surface area contributed by atoms with Gasteiger partial charge in [0.15, 0.2) is 5.16 Å². The molecule has 20 heavy (non-hydrogen) atoms. The van der Waals surface area contributed by atoms with Gasteiger partial charge >= 0.3 is 5.97 Å². The summed E-state index contributed by atoms with van der Waals surface area (Å²) in [6.07, 6.45) is 3.69. The standard InChI is InChI=1S/C12H18N4O3S/c1-2-3-9-14-15-12(20-7-11(18)19)16(9)6-10(17)13-8-4-5-8/h8H,2-7H2,1H3,(H,13,17)(H,18,19). The average Bonchev–Trinajstić information content (AvgIpc) is 3.11. The normalized spacial score (nSPS) is 14.2. The Bertz CT molecular complexity index is 499. The van der Waals surface area contributed by atoms with Crippen molar-refractivity contribution in [1.29, 1.82) is 0 Å². The third-order valence-electron chi connectivity index (χ3n) is 2.84. The molecule has 1 fully saturated rings. The third-order valence-corrected chi connectivity index (χ3v) is 3.79. The second kappa shape index (κ2) is 6.74. The highest BCUT2D eigenvalue weighted by Gasteiger charge is 2.24. The summed E-state index contributed by atoms with van der Waals surface area (Å²) in [7, 11) is 0. The summed E-state index contributed by atoms with van der Waals surface area (Å²) in [6.45, 7) is 2.17. The lowest BCUT2D eigenvalue weighted by Crippen LogP contribution is -2.30. The van der Waals surface area contributed by atoms with E-state index in [0.717, 1.165) is 43.3 Å². The number of nitrogens with one attached hydrogen (secondary N) is 1. The first-order valence-corrected chi connectivity index (χ1v) is 7.64. The SMILES string of the molecule is CCCc1nnc(SCC(=O)O)n1CC(=O)NC1CC1. The Hall–Kier alpha value is -1.57. The molecule has 1 heterocycles. The van der Waals surface area contributed by atoms with Crippen molar-refractivity contribution in [3.05, 3.63) is 5.82 Å². The van der Waals surface area contributed by atoms with Crippen molar-refractivity contribution in [2.45, 2.75) is 50.4 Å². The Balaban J connectivity index is 2.05. The van der Waals surface area contributed by atoms with Gasteiger partial charge in [0.25, 0.3) is 0 Å². The maximum atomic E-state index is 11.9. The van der Waals surface area contributed by atoms with Crippen LogP contribution in [0.3, 0.4) is 0 Å². The molecule has 0 aromatic carbocycles. The minimum atomic E-state index is -0.913. The summed E-state index contributed by atoms with van der Waals surface area (Å²) in [5, 5.41) is 20.2. The molecule has 1 aliphatic rings. The zero-order valence-electron chi connectivity index (χ0n) is 11.3. The summed E-state index contributed by atoms with van der Waals surface area (Å²) >= 11 is 1.09. The van der Waals surface area contributed by atoms with Crippen LogP contribution in [0, 0.1) is 0 Å². The fraction of sp³-hybridized carbons (Fsp3) is 0.667. The van der Waals surface area contributed by atoms with E-state index in [1.165, 1.54) is 0 Å². The van der Waals surface area contributed by atoms with Gasteiger partial charge in [-0.15, -0.1) is 10.2 Å². The number of aromatic nitrogens is 3. The van der Waals surface area contributed by atoms with E-state index in [2.05, 4.69) is 15.5 Å². The van der Waals surface area contributed by atoms with Crippen LogP contribution in [0.4, 0.5) is 0 Å². The van der Waals surface area contributed by atoms with Crippen molar-refractivity contribution in [3.8, 4) is 0 Å². The molecule has 0 bridgehead atoms. The monoisotopic (exact) mass is 298 g/mol. The van der Waals surface area contributed by atoms with E-state index in [1.54, 1.807) is 4.57 Å². The molecular formula is C12H18N4O3S. The molecule has 2 N–H and O–H groups in total. The average molecular weight is 298 g/mol. The Morgan fingerprint density at radius 1 is 1.45 bits per heavy atom. The van der Waals surface area contributed by atoms with E-state index in [-0.39, 0.29) is 18.2 Å². The molecule has 1 saturated carbocycles. The molecular weight excluding hydrogens is 280 g/mol. The lowest BCUT2D eigenvalue weighted by Gasteiger charge is -2.09. The number of rotatable bonds is 8. The third kappa shape index (κ3) is 4.22. The number of carboxylic acid groups (broad SMARTS) is 1. The smallest absolute Gasteiger partial charge is 0.313 e. The van der Waals surface area contributed by atoms with Crippen molar-refractivity contribution >= 4 is 23.6 Å². The molecule has 0 unspecified atom stereocenters. The number of carbonyl (C=O) groups is 2. The van der Waals surface area contributed by atoms with Crippen molar-refractivity contribution in [2.24, 2.45) is 0 Å². The molecule has 7 nitrogen and oxygen atoms in total. The van der Waals surface area contributed by atoms with Crippen LogP contribution in [0.15, 0.2) is 5.16 Å². The van der Waals surface area contributed by atoms with Crippen molar-refractivity contribution in [1.82, 2.24) is 20.1 Å². The fourth-order valence-electron chi connectivity index (χ4n) is 1.76. The predicted octanol–water partition coefficient (Wildman–Crippen LogP) is 0.686. The maximum Gasteiger partial charge on any atom is 0.313 e. The highest BCUT2D eigenvalue weighted by atomic mass is 32.2. The molecule has 0 spiro atoms. The number of nitrogens with zero attached hydrogens (tertiary/aromatic N) is 3. The Labute approximate surface area is 121 Å². The summed E-state index contributed by atoms with van der Waals surface area (Å²) in [4.78, 5) is 22.5. The van der Waals surface area contributed by atoms with Crippen molar-refractivity contribution in [2.75, 3.05) is 5.75 Å². The Morgan fingerprint density at radius 3 is 2.80 bits per heavy atom. The molecule has 110 valence electrons. The first-order chi connectivity index (χ1) is 9.60. The van der Waals surface area contributed by atoms with Crippen LogP contribution in [-0.2, 0) is 22.6 Å². The minimum absolute atomic E-state index is 0.0678. The van der Waals surface area contributed by atoms with Crippen LogP contribution in [0.1, 0.15) is 32.0 Å². The van der Waals surface area contributed by atoms with Gasteiger partial charge < -0.3 is 10.4 Å². The van der Waals surface area contributed by atoms with Gasteiger partial charge in [0.05, 0.1) is 5.75 Å². The Morgan fingerprint density at radius 2 is 2.20 bits per heavy atom. The molecule has 1 aliphatic carbocycles. The highest BCUT2D eigenvalue weighted by molar-refractivity contribution is 7.99. The molecule has 2 rings (SSSR count). The maximum absolute atomic E-state index is 11.9. The molecule has 0 radical (unpaired) electrons. The number of carbonyl (C=O) groups excluding carboxylic acids is 1. The summed E-state index contributed by atoms with van der Waals surface area (Å²) in [6, 6.07) is 0.309. The molecule has 1 aromatic rings. The molecule has 0 atom stereocenters. The van der Waals surface area contributed by atoms with Crippen molar-refractivity contribution in [3.63, 3.8) is 0 Å². The van der Waals surface area contributed by atoms with Gasteiger partial charge in [-0.1, -0.05) is 18.7 Å². The first-order valence-electron chi connectivity index (χ1n) is 6.66. The largest absolute Gasteiger partial charge is 0.481 e. The molecule has 8 heteroatoms. The van der Waals surface area contributed by atoms with Crippen molar-refractivity contribution < 1.29 is 14.7 Å². The van der Waals surface area contributed by atoms with Crippen LogP contribution in [0.5, 0.6) is 0 Å². The lowest BCUT2D eigenvalue weighted by molar-refractivity contribution is -0.133. The molecule has 1 amide bonds. The van der Waals surface area contributed by atoms with Crippen LogP contribution in [0.25, 0.3) is 0 Å². The van der Waals surface area contributed by atoms with Crippen LogP contribution >= 0.6 is 11.8 Å². The van der Waals surface area contributed by atoms with Crippen LogP contribution < -0.4 is 5.32 Å². The number of hydrogen-bond acceptors (Lipinski definition) is 5. The second-order valence-corrected chi connectivity index (χ2v) is 5.70. The zero-order valence-corrected chi connectivity index (χ0v) is 12.2. The van der Waals surface area contributed by atoms with Crippen LogP contribution in [0.2, 0.25) is 0 Å². The highest BCUT2D eigenvalue weighted by Crippen LogP contribution is 2.20. The van der Waals surface area contributed by atoms with E-state index in [0.29, 0.717) is 11.2 Å². The number of aliphatic carboxylic acids is 1. The zero-order chi connectivity index (χ0) is 14.5. The second-order valence-electron chi connectivity index (χ2n) is 4.76.